The van der Waals surface area contributed by atoms with E-state index in [-0.39, 0.29) is 29.2 Å². The first kappa shape index (κ1) is 19.2. The summed E-state index contributed by atoms with van der Waals surface area (Å²) in [6.45, 7) is 4.21. The van der Waals surface area contributed by atoms with E-state index >= 15 is 0 Å². The Kier molecular flexibility index (Phi) is 4.85. The van der Waals surface area contributed by atoms with E-state index in [1.54, 1.807) is 12.4 Å². The zero-order valence-corrected chi connectivity index (χ0v) is 17.6. The van der Waals surface area contributed by atoms with Crippen LogP contribution in [0.25, 0.3) is 11.0 Å². The lowest BCUT2D eigenvalue weighted by atomic mass is 9.80. The van der Waals surface area contributed by atoms with Gasteiger partial charge in [-0.3, -0.25) is 4.79 Å². The molecule has 0 aliphatic heterocycles. The van der Waals surface area contributed by atoms with Gasteiger partial charge in [0.1, 0.15) is 5.65 Å². The van der Waals surface area contributed by atoms with Gasteiger partial charge in [0.15, 0.2) is 0 Å². The number of carbonyl (C=O) groups excluding carboxylic acids is 1. The van der Waals surface area contributed by atoms with Crippen LogP contribution in [0, 0.1) is 11.3 Å². The van der Waals surface area contributed by atoms with Crippen LogP contribution in [0.2, 0.25) is 0 Å². The quantitative estimate of drug-likeness (QED) is 0.547. The number of pyridine rings is 1. The molecule has 2 saturated carbocycles. The molecule has 0 bridgehead atoms. The van der Waals surface area contributed by atoms with E-state index < -0.39 is 6.09 Å². The summed E-state index contributed by atoms with van der Waals surface area (Å²) in [5.41, 5.74) is 2.64. The molecule has 2 aromatic rings. The van der Waals surface area contributed by atoms with Crippen molar-refractivity contribution in [3.8, 4) is 0 Å². The summed E-state index contributed by atoms with van der Waals surface area (Å²) in [7, 11) is 0. The molecule has 2 fully saturated rings. The van der Waals surface area contributed by atoms with Crippen LogP contribution in [0.15, 0.2) is 16.9 Å². The Morgan fingerprint density at radius 2 is 2.11 bits per heavy atom. The molecule has 3 unspecified atom stereocenters. The van der Waals surface area contributed by atoms with E-state index in [1.165, 1.54) is 0 Å². The standard InChI is InChI=1S/C20H25BrN4O3/c1-20(2)7-12(20)18(26)25-14-9-23-17-16(14)15(13(21)8-22-17)10-4-3-5-11(6-10)24-19(27)28/h8-12,24H,3-7H2,1-2H3,(H,22,23)(H,25,26)(H,27,28). The van der Waals surface area contributed by atoms with Crippen molar-refractivity contribution < 1.29 is 14.7 Å². The van der Waals surface area contributed by atoms with Crippen molar-refractivity contribution in [2.24, 2.45) is 11.3 Å². The molecule has 2 aliphatic rings. The fourth-order valence-corrected chi connectivity index (χ4v) is 5.11. The highest BCUT2D eigenvalue weighted by molar-refractivity contribution is 9.10. The highest BCUT2D eigenvalue weighted by atomic mass is 79.9. The number of rotatable bonds is 4. The molecule has 2 aliphatic carbocycles. The Hall–Kier alpha value is -2.09. The minimum atomic E-state index is -0.980. The van der Waals surface area contributed by atoms with Crippen molar-refractivity contribution in [1.82, 2.24) is 15.3 Å². The normalized spacial score (nSPS) is 26.0. The summed E-state index contributed by atoms with van der Waals surface area (Å²) >= 11 is 3.64. The summed E-state index contributed by atoms with van der Waals surface area (Å²) in [5.74, 6) is 0.278. The van der Waals surface area contributed by atoms with E-state index in [9.17, 15) is 9.59 Å². The number of H-pyrrole nitrogens is 1. The van der Waals surface area contributed by atoms with Gasteiger partial charge in [-0.1, -0.05) is 20.3 Å². The van der Waals surface area contributed by atoms with Crippen LogP contribution in [0.4, 0.5) is 10.5 Å². The molecule has 0 aromatic carbocycles. The number of fused-ring (bicyclic) bond motifs is 1. The molecule has 2 amide bonds. The molecule has 2 aromatic heterocycles. The molecule has 28 heavy (non-hydrogen) atoms. The van der Waals surface area contributed by atoms with Gasteiger partial charge in [-0.05, 0) is 58.5 Å². The predicted octanol–water partition coefficient (Wildman–Crippen LogP) is 4.60. The number of anilines is 1. The van der Waals surface area contributed by atoms with Gasteiger partial charge in [-0.25, -0.2) is 9.78 Å². The van der Waals surface area contributed by atoms with Gasteiger partial charge < -0.3 is 20.7 Å². The Morgan fingerprint density at radius 1 is 1.36 bits per heavy atom. The van der Waals surface area contributed by atoms with Gasteiger partial charge in [-0.2, -0.15) is 0 Å². The smallest absolute Gasteiger partial charge is 0.404 e. The van der Waals surface area contributed by atoms with Crippen molar-refractivity contribution in [3.63, 3.8) is 0 Å². The Balaban J connectivity index is 1.66. The number of aromatic nitrogens is 2. The van der Waals surface area contributed by atoms with Crippen LogP contribution in [0.5, 0.6) is 0 Å². The summed E-state index contributed by atoms with van der Waals surface area (Å²) in [5, 5.41) is 15.7. The van der Waals surface area contributed by atoms with E-state index in [2.05, 4.69) is 50.4 Å². The Bertz CT molecular complexity index is 939. The fraction of sp³-hybridized carbons (Fsp3) is 0.550. The maximum absolute atomic E-state index is 12.6. The molecule has 3 atom stereocenters. The first-order chi connectivity index (χ1) is 13.3. The highest BCUT2D eigenvalue weighted by Gasteiger charge is 2.50. The molecular formula is C20H25BrN4O3. The molecule has 0 saturated heterocycles. The fourth-order valence-electron chi connectivity index (χ4n) is 4.49. The van der Waals surface area contributed by atoms with Crippen molar-refractivity contribution in [1.29, 1.82) is 0 Å². The minimum absolute atomic E-state index is 0.0415. The zero-order valence-electron chi connectivity index (χ0n) is 16.0. The average Bonchev–Trinajstić information content (AvgIpc) is 3.09. The highest BCUT2D eigenvalue weighted by Crippen LogP contribution is 2.52. The minimum Gasteiger partial charge on any atom is -0.465 e. The molecule has 7 nitrogen and oxygen atoms in total. The number of aromatic amines is 1. The lowest BCUT2D eigenvalue weighted by Crippen LogP contribution is -2.37. The van der Waals surface area contributed by atoms with Crippen molar-refractivity contribution in [2.45, 2.75) is 57.9 Å². The number of hydrogen-bond acceptors (Lipinski definition) is 3. The third-order valence-corrected chi connectivity index (χ3v) is 6.82. The number of hydrogen-bond donors (Lipinski definition) is 4. The molecule has 4 N–H and O–H groups in total. The van der Waals surface area contributed by atoms with Gasteiger partial charge in [-0.15, -0.1) is 0 Å². The van der Waals surface area contributed by atoms with Crippen LogP contribution in [0.1, 0.15) is 57.4 Å². The van der Waals surface area contributed by atoms with Gasteiger partial charge in [0, 0.05) is 34.2 Å². The lowest BCUT2D eigenvalue weighted by molar-refractivity contribution is -0.117. The first-order valence-electron chi connectivity index (χ1n) is 9.72. The molecule has 150 valence electrons. The van der Waals surface area contributed by atoms with Crippen molar-refractivity contribution in [2.75, 3.05) is 5.32 Å². The molecule has 0 radical (unpaired) electrons. The second-order valence-corrected chi connectivity index (χ2v) is 9.54. The van der Waals surface area contributed by atoms with E-state index in [0.717, 1.165) is 58.9 Å². The van der Waals surface area contributed by atoms with Gasteiger partial charge in [0.2, 0.25) is 5.91 Å². The van der Waals surface area contributed by atoms with Gasteiger partial charge in [0.25, 0.3) is 0 Å². The number of halogens is 1. The SMILES string of the molecule is CC1(C)CC1C(=O)Nc1c[nH]c2ncc(Br)c(C3CCCC(NC(=O)O)C3)c12. The zero-order chi connectivity index (χ0) is 20.1. The predicted molar refractivity (Wildman–Crippen MR) is 110 cm³/mol. The number of carboxylic acid groups (broad SMARTS) is 1. The number of nitrogens with zero attached hydrogens (tertiary/aromatic N) is 1. The summed E-state index contributed by atoms with van der Waals surface area (Å²) in [6, 6.07) is -0.0596. The lowest BCUT2D eigenvalue weighted by Gasteiger charge is -2.30. The van der Waals surface area contributed by atoms with Crippen molar-refractivity contribution in [3.05, 3.63) is 22.4 Å². The molecule has 2 heterocycles. The molecular weight excluding hydrogens is 424 g/mol. The van der Waals surface area contributed by atoms with Crippen molar-refractivity contribution >= 4 is 44.7 Å². The largest absolute Gasteiger partial charge is 0.465 e. The second kappa shape index (κ2) is 7.06. The summed E-state index contributed by atoms with van der Waals surface area (Å²) in [4.78, 5) is 31.3. The topological polar surface area (TPSA) is 107 Å². The monoisotopic (exact) mass is 448 g/mol. The Morgan fingerprint density at radius 3 is 2.79 bits per heavy atom. The van der Waals surface area contributed by atoms with Crippen LogP contribution in [-0.4, -0.2) is 33.1 Å². The van der Waals surface area contributed by atoms with E-state index in [1.807, 2.05) is 0 Å². The third-order valence-electron chi connectivity index (χ3n) is 6.19. The van der Waals surface area contributed by atoms with E-state index in [4.69, 9.17) is 5.11 Å². The third kappa shape index (κ3) is 3.62. The molecule has 0 spiro atoms. The number of nitrogens with one attached hydrogen (secondary N) is 3. The molecule has 4 rings (SSSR count). The van der Waals surface area contributed by atoms with Crippen LogP contribution in [0.3, 0.4) is 0 Å². The maximum atomic E-state index is 12.6. The Labute approximate surface area is 171 Å². The second-order valence-electron chi connectivity index (χ2n) is 8.69. The number of carbonyl (C=O) groups is 2. The first-order valence-corrected chi connectivity index (χ1v) is 10.5. The van der Waals surface area contributed by atoms with Gasteiger partial charge >= 0.3 is 6.09 Å². The van der Waals surface area contributed by atoms with E-state index in [0.29, 0.717) is 0 Å². The van der Waals surface area contributed by atoms with Crippen LogP contribution >= 0.6 is 15.9 Å². The maximum Gasteiger partial charge on any atom is 0.404 e. The molecule has 8 heteroatoms. The number of amides is 2. The van der Waals surface area contributed by atoms with Crippen LogP contribution < -0.4 is 10.6 Å². The van der Waals surface area contributed by atoms with Crippen LogP contribution in [-0.2, 0) is 4.79 Å². The van der Waals surface area contributed by atoms with Gasteiger partial charge in [0.05, 0.1) is 5.69 Å². The summed E-state index contributed by atoms with van der Waals surface area (Å²) < 4.78 is 0.892. The summed E-state index contributed by atoms with van der Waals surface area (Å²) in [6.07, 6.45) is 7.01. The average molecular weight is 449 g/mol.